The van der Waals surface area contributed by atoms with Gasteiger partial charge in [-0.05, 0) is 81.8 Å². The topological polar surface area (TPSA) is 328 Å². The van der Waals surface area contributed by atoms with Gasteiger partial charge in [0.25, 0.3) is 10.1 Å². The maximum atomic E-state index is 11.1. The number of carboxylic acid groups (broad SMARTS) is 3. The van der Waals surface area contributed by atoms with Crippen LogP contribution in [0.3, 0.4) is 0 Å². The SMILES string of the molecule is CC(=O)CN(C)CC(=O)O.CC(=O)c1ccc(CN(C)CCC(=O)O)cc1.CNC(CC(C)=O)CS(=O)(=O)O.CNC(CCC(C)=O)C(=O)O.CNS(=O)(=O)CCC(C)=O. The predicted molar refractivity (Wildman–Crippen MR) is 224 cm³/mol. The largest absolute Gasteiger partial charge is 0.481 e. The van der Waals surface area contributed by atoms with Gasteiger partial charge in [0.2, 0.25) is 10.0 Å². The van der Waals surface area contributed by atoms with Crippen molar-refractivity contribution in [3.8, 4) is 0 Å². The van der Waals surface area contributed by atoms with Crippen LogP contribution < -0.4 is 15.4 Å². The number of carbonyl (C=O) groups excluding carboxylic acids is 5. The van der Waals surface area contributed by atoms with Crippen LogP contribution in [0.2, 0.25) is 0 Å². The maximum Gasteiger partial charge on any atom is 0.320 e. The van der Waals surface area contributed by atoms with E-state index in [0.29, 0.717) is 31.5 Å². The van der Waals surface area contributed by atoms with Crippen molar-refractivity contribution in [3.05, 3.63) is 35.4 Å². The van der Waals surface area contributed by atoms with Gasteiger partial charge in [-0.15, -0.1) is 0 Å². The lowest BCUT2D eigenvalue weighted by molar-refractivity contribution is -0.140. The fraction of sp³-hybridized carbons (Fsp3) is 0.622. The molecule has 1 aromatic rings. The first-order valence-corrected chi connectivity index (χ1v) is 21.5. The molecule has 0 radical (unpaired) electrons. The molecular weight excluding hydrogens is 835 g/mol. The molecule has 0 aliphatic rings. The second-order valence-electron chi connectivity index (χ2n) is 13.4. The first-order valence-electron chi connectivity index (χ1n) is 18.2. The molecule has 1 aromatic carbocycles. The summed E-state index contributed by atoms with van der Waals surface area (Å²) in [7, 11) is 0.726. The van der Waals surface area contributed by atoms with Gasteiger partial charge in [-0.3, -0.25) is 43.0 Å². The Bertz CT molecular complexity index is 1700. The van der Waals surface area contributed by atoms with Crippen molar-refractivity contribution in [2.24, 2.45) is 0 Å². The normalized spacial score (nSPS) is 11.7. The molecule has 7 N–H and O–H groups in total. The quantitative estimate of drug-likeness (QED) is 0.0544. The highest BCUT2D eigenvalue weighted by Gasteiger charge is 2.17. The van der Waals surface area contributed by atoms with Gasteiger partial charge in [0, 0.05) is 44.0 Å². The Morgan fingerprint density at radius 3 is 1.52 bits per heavy atom. The van der Waals surface area contributed by atoms with Gasteiger partial charge < -0.3 is 35.6 Å². The Hall–Kier alpha value is -4.36. The fourth-order valence-corrected chi connectivity index (χ4v) is 5.71. The molecule has 1 rings (SSSR count). The van der Waals surface area contributed by atoms with Gasteiger partial charge in [-0.2, -0.15) is 8.42 Å². The summed E-state index contributed by atoms with van der Waals surface area (Å²) in [6.45, 7) is 8.47. The van der Waals surface area contributed by atoms with Crippen molar-refractivity contribution in [2.45, 2.75) is 85.4 Å². The van der Waals surface area contributed by atoms with Crippen LogP contribution in [0.15, 0.2) is 24.3 Å². The minimum Gasteiger partial charge on any atom is -0.481 e. The lowest BCUT2D eigenvalue weighted by Crippen LogP contribution is -2.34. The zero-order chi connectivity index (χ0) is 47.8. The lowest BCUT2D eigenvalue weighted by atomic mass is 10.1. The highest BCUT2D eigenvalue weighted by atomic mass is 32.2. The van der Waals surface area contributed by atoms with E-state index >= 15 is 0 Å². The molecule has 2 unspecified atom stereocenters. The third-order valence-corrected chi connectivity index (χ3v) is 9.42. The van der Waals surface area contributed by atoms with Crippen LogP contribution >= 0.6 is 0 Å². The molecule has 0 saturated heterocycles. The fourth-order valence-electron chi connectivity index (χ4n) is 4.15. The number of hydrogen-bond donors (Lipinski definition) is 7. The average Bonchev–Trinajstić information content (AvgIpc) is 3.09. The van der Waals surface area contributed by atoms with Gasteiger partial charge in [0.1, 0.15) is 29.2 Å². The number of aliphatic carboxylic acids is 3. The van der Waals surface area contributed by atoms with Gasteiger partial charge in [-0.1, -0.05) is 24.3 Å². The molecule has 21 nitrogen and oxygen atoms in total. The van der Waals surface area contributed by atoms with E-state index in [0.717, 1.165) is 5.56 Å². The summed E-state index contributed by atoms with van der Waals surface area (Å²) in [5.74, 6) is -3.33. The highest BCUT2D eigenvalue weighted by Crippen LogP contribution is 2.08. The van der Waals surface area contributed by atoms with E-state index in [1.165, 1.54) is 46.6 Å². The van der Waals surface area contributed by atoms with Crippen LogP contribution in [0.25, 0.3) is 0 Å². The van der Waals surface area contributed by atoms with Gasteiger partial charge in [0.05, 0.1) is 31.0 Å². The van der Waals surface area contributed by atoms with Crippen LogP contribution in [0.1, 0.15) is 82.6 Å². The van der Waals surface area contributed by atoms with Crippen LogP contribution in [0.5, 0.6) is 0 Å². The van der Waals surface area contributed by atoms with Gasteiger partial charge in [-0.25, -0.2) is 13.1 Å². The van der Waals surface area contributed by atoms with Crippen molar-refractivity contribution in [1.29, 1.82) is 0 Å². The van der Waals surface area contributed by atoms with E-state index in [4.69, 9.17) is 19.9 Å². The van der Waals surface area contributed by atoms with E-state index in [1.807, 2.05) is 24.1 Å². The lowest BCUT2D eigenvalue weighted by Gasteiger charge is -2.15. The number of rotatable bonds is 24. The average molecular weight is 900 g/mol. The van der Waals surface area contributed by atoms with Crippen LogP contribution in [-0.2, 0) is 60.2 Å². The molecule has 0 aliphatic heterocycles. The number of ketones is 5. The third-order valence-electron chi connectivity index (χ3n) is 7.24. The van der Waals surface area contributed by atoms with Crippen molar-refractivity contribution in [2.75, 3.05) is 66.4 Å². The second-order valence-corrected chi connectivity index (χ2v) is 17.0. The van der Waals surface area contributed by atoms with Crippen LogP contribution in [-0.4, -0.2) is 172 Å². The number of likely N-dealkylation sites (N-methyl/N-ethyl adjacent to an activating group) is 2. The summed E-state index contributed by atoms with van der Waals surface area (Å²) >= 11 is 0. The van der Waals surface area contributed by atoms with E-state index in [2.05, 4.69) is 15.4 Å². The molecule has 0 fully saturated rings. The van der Waals surface area contributed by atoms with E-state index in [-0.39, 0.29) is 67.0 Å². The van der Waals surface area contributed by atoms with Crippen molar-refractivity contribution >= 4 is 67.0 Å². The summed E-state index contributed by atoms with van der Waals surface area (Å²) in [5.41, 5.74) is 1.77. The molecule has 0 amide bonds. The molecule has 0 bridgehead atoms. The summed E-state index contributed by atoms with van der Waals surface area (Å²) in [6.07, 6.45) is 1.01. The molecule has 23 heteroatoms. The smallest absolute Gasteiger partial charge is 0.320 e. The number of nitrogens with one attached hydrogen (secondary N) is 3. The Morgan fingerprint density at radius 2 is 1.18 bits per heavy atom. The zero-order valence-electron chi connectivity index (χ0n) is 36.1. The molecule has 0 aromatic heterocycles. The van der Waals surface area contributed by atoms with E-state index in [9.17, 15) is 55.2 Å². The van der Waals surface area contributed by atoms with Gasteiger partial charge in [0.15, 0.2) is 5.78 Å². The third kappa shape index (κ3) is 44.7. The predicted octanol–water partition coefficient (Wildman–Crippen LogP) is 0.372. The molecule has 0 aliphatic carbocycles. The first-order chi connectivity index (χ1) is 27.4. The Morgan fingerprint density at radius 1 is 0.667 bits per heavy atom. The summed E-state index contributed by atoms with van der Waals surface area (Å²) in [4.78, 5) is 87.1. The second kappa shape index (κ2) is 34.4. The standard InChI is InChI=1S/C13H17NO3.C7H13NO3.C6H13NO4S.C6H11NO3.C5H11NO3S/c1-10(15)12-5-3-11(4-6-12)9-14(2)8-7-13(16)17;1-5(9)3-4-6(8-2)7(10)11;1-5(8)3-6(7-2)4-12(9,10)11;1-5(8)3-7(2)4-6(9)10;1-5(7)3-4-10(8,9)6-2/h3-6H,7-9H2,1-2H3,(H,16,17);6,8H,3-4H2,1-2H3,(H,10,11);6-7H,3-4H2,1-2H3,(H,9,10,11);3-4H2,1-2H3,(H,9,10);6H,3-4H2,1-2H3. The number of carbonyl (C=O) groups is 8. The molecule has 346 valence electrons. The number of hydrogen-bond acceptors (Lipinski definition) is 16. The van der Waals surface area contributed by atoms with E-state index in [1.54, 1.807) is 33.3 Å². The number of carboxylic acids is 3. The van der Waals surface area contributed by atoms with Gasteiger partial charge >= 0.3 is 17.9 Å². The summed E-state index contributed by atoms with van der Waals surface area (Å²) in [6, 6.07) is 6.28. The minimum absolute atomic E-state index is 0.0199. The highest BCUT2D eigenvalue weighted by molar-refractivity contribution is 7.89. The monoisotopic (exact) mass is 899 g/mol. The maximum absolute atomic E-state index is 11.1. The summed E-state index contributed by atoms with van der Waals surface area (Å²) in [5, 5.41) is 30.6. The van der Waals surface area contributed by atoms with Crippen molar-refractivity contribution in [1.82, 2.24) is 25.2 Å². The van der Waals surface area contributed by atoms with Crippen LogP contribution in [0, 0.1) is 0 Å². The Kier molecular flexibility index (Phi) is 35.7. The zero-order valence-corrected chi connectivity index (χ0v) is 37.8. The molecule has 0 saturated carbocycles. The Balaban J connectivity index is -0.000000333. The first kappa shape index (κ1) is 62.3. The molecule has 60 heavy (non-hydrogen) atoms. The van der Waals surface area contributed by atoms with Crippen LogP contribution in [0.4, 0.5) is 0 Å². The number of sulfonamides is 1. The van der Waals surface area contributed by atoms with Crippen molar-refractivity contribution < 1.29 is 75.1 Å². The molecule has 0 spiro atoms. The van der Waals surface area contributed by atoms with E-state index < -0.39 is 55.9 Å². The number of nitrogens with zero attached hydrogens (tertiary/aromatic N) is 2. The summed E-state index contributed by atoms with van der Waals surface area (Å²) < 4.78 is 52.6. The number of benzene rings is 1. The molecule has 0 heterocycles. The number of Topliss-reactive ketones (excluding diaryl/α,β-unsaturated/α-hetero) is 5. The van der Waals surface area contributed by atoms with Crippen molar-refractivity contribution in [3.63, 3.8) is 0 Å². The molecular formula is C37H65N5O16S2. The minimum atomic E-state index is -4.00. The molecule has 2 atom stereocenters. The Labute approximate surface area is 353 Å².